The lowest BCUT2D eigenvalue weighted by Crippen LogP contribution is -2.01. The monoisotopic (exact) mass is 259 g/mol. The highest BCUT2D eigenvalue weighted by Crippen LogP contribution is 2.25. The zero-order valence-electron chi connectivity index (χ0n) is 10.00. The van der Waals surface area contributed by atoms with Gasteiger partial charge in [0.25, 0.3) is 0 Å². The molecule has 3 rings (SSSR count). The van der Waals surface area contributed by atoms with Gasteiger partial charge in [0.1, 0.15) is 0 Å². The number of rotatable bonds is 3. The zero-order chi connectivity index (χ0) is 12.5. The van der Waals surface area contributed by atoms with Gasteiger partial charge in [0, 0.05) is 6.42 Å². The van der Waals surface area contributed by atoms with Crippen LogP contribution < -0.4 is 5.73 Å². The average molecular weight is 259 g/mol. The lowest BCUT2D eigenvalue weighted by Gasteiger charge is -1.94. The number of nitrogen functional groups attached to an aromatic ring is 1. The zero-order valence-corrected chi connectivity index (χ0v) is 10.8. The second-order valence-electron chi connectivity index (χ2n) is 4.01. The Labute approximate surface area is 108 Å². The molecule has 0 bridgehead atoms. The predicted octanol–water partition coefficient (Wildman–Crippen LogP) is 2.41. The first-order valence-electron chi connectivity index (χ1n) is 5.85. The molecule has 0 aliphatic rings. The standard InChI is InChI=1S/C12H13N5S/c1-2-5-10-15-11(13)17(16-10)12-14-8-6-3-4-7-9(8)18-12/h3-4,6-7H,2,5H2,1H3,(H2,13,15,16). The van der Waals surface area contributed by atoms with Crippen molar-refractivity contribution in [2.75, 3.05) is 5.73 Å². The first-order valence-corrected chi connectivity index (χ1v) is 6.67. The van der Waals surface area contributed by atoms with Gasteiger partial charge in [-0.1, -0.05) is 30.4 Å². The van der Waals surface area contributed by atoms with Crippen molar-refractivity contribution in [2.45, 2.75) is 19.8 Å². The van der Waals surface area contributed by atoms with Crippen LogP contribution >= 0.6 is 11.3 Å². The topological polar surface area (TPSA) is 69.6 Å². The molecule has 0 saturated carbocycles. The van der Waals surface area contributed by atoms with E-state index in [2.05, 4.69) is 22.0 Å². The number of nitrogens with zero attached hydrogens (tertiary/aromatic N) is 4. The molecule has 2 N–H and O–H groups in total. The molecular weight excluding hydrogens is 246 g/mol. The second kappa shape index (κ2) is 4.38. The molecule has 0 aliphatic heterocycles. The molecule has 0 spiro atoms. The van der Waals surface area contributed by atoms with Gasteiger partial charge in [-0.2, -0.15) is 9.67 Å². The Kier molecular flexibility index (Phi) is 2.71. The molecule has 0 fully saturated rings. The minimum Gasteiger partial charge on any atom is -0.368 e. The Bertz CT molecular complexity index is 652. The molecule has 0 radical (unpaired) electrons. The van der Waals surface area contributed by atoms with Crippen LogP contribution in [-0.2, 0) is 6.42 Å². The summed E-state index contributed by atoms with van der Waals surface area (Å²) < 4.78 is 2.75. The minimum atomic E-state index is 0.400. The largest absolute Gasteiger partial charge is 0.368 e. The van der Waals surface area contributed by atoms with Gasteiger partial charge in [-0.25, -0.2) is 4.98 Å². The SMILES string of the molecule is CCCc1nc(N)n(-c2nc3ccccc3s2)n1. The van der Waals surface area contributed by atoms with Crippen molar-refractivity contribution in [3.63, 3.8) is 0 Å². The number of hydrogen-bond acceptors (Lipinski definition) is 5. The molecule has 0 atom stereocenters. The first-order chi connectivity index (χ1) is 8.78. The number of hydrogen-bond donors (Lipinski definition) is 1. The van der Waals surface area contributed by atoms with Crippen LogP contribution in [0.2, 0.25) is 0 Å². The fourth-order valence-electron chi connectivity index (χ4n) is 1.79. The summed E-state index contributed by atoms with van der Waals surface area (Å²) in [5.41, 5.74) is 6.84. The number of nitrogens with two attached hydrogens (primary N) is 1. The van der Waals surface area contributed by atoms with Crippen molar-refractivity contribution >= 4 is 27.5 Å². The predicted molar refractivity (Wildman–Crippen MR) is 72.9 cm³/mol. The van der Waals surface area contributed by atoms with Crippen LogP contribution in [0.25, 0.3) is 15.3 Å². The molecule has 3 aromatic rings. The Hall–Kier alpha value is -1.95. The Balaban J connectivity index is 2.08. The number of benzene rings is 1. The maximum Gasteiger partial charge on any atom is 0.225 e. The van der Waals surface area contributed by atoms with Crippen LogP contribution in [0, 0.1) is 0 Å². The normalized spacial score (nSPS) is 11.2. The lowest BCUT2D eigenvalue weighted by atomic mass is 10.3. The van der Waals surface area contributed by atoms with E-state index in [-0.39, 0.29) is 0 Å². The van der Waals surface area contributed by atoms with Crippen LogP contribution in [0.15, 0.2) is 24.3 Å². The van der Waals surface area contributed by atoms with E-state index in [1.165, 1.54) is 0 Å². The smallest absolute Gasteiger partial charge is 0.225 e. The maximum absolute atomic E-state index is 5.88. The summed E-state index contributed by atoms with van der Waals surface area (Å²) in [6.45, 7) is 2.09. The van der Waals surface area contributed by atoms with Gasteiger partial charge in [0.05, 0.1) is 10.2 Å². The fourth-order valence-corrected chi connectivity index (χ4v) is 2.72. The minimum absolute atomic E-state index is 0.400. The van der Waals surface area contributed by atoms with Gasteiger partial charge < -0.3 is 5.73 Å². The Morgan fingerprint density at radius 3 is 2.89 bits per heavy atom. The Morgan fingerprint density at radius 2 is 2.11 bits per heavy atom. The summed E-state index contributed by atoms with van der Waals surface area (Å²) in [4.78, 5) is 8.76. The number of fused-ring (bicyclic) bond motifs is 1. The third-order valence-electron chi connectivity index (χ3n) is 2.61. The van der Waals surface area contributed by atoms with E-state index in [0.29, 0.717) is 5.95 Å². The summed E-state index contributed by atoms with van der Waals surface area (Å²) in [6.07, 6.45) is 1.84. The van der Waals surface area contributed by atoms with Crippen LogP contribution in [0.4, 0.5) is 5.95 Å². The highest BCUT2D eigenvalue weighted by atomic mass is 32.1. The van der Waals surface area contributed by atoms with Crippen LogP contribution in [0.5, 0.6) is 0 Å². The number of anilines is 1. The van der Waals surface area contributed by atoms with Crippen molar-refractivity contribution in [1.82, 2.24) is 19.7 Å². The molecule has 0 aliphatic carbocycles. The molecule has 1 aromatic carbocycles. The quantitative estimate of drug-likeness (QED) is 0.784. The van der Waals surface area contributed by atoms with Gasteiger partial charge in [-0.05, 0) is 18.6 Å². The van der Waals surface area contributed by atoms with E-state index >= 15 is 0 Å². The number of para-hydroxylation sites is 1. The maximum atomic E-state index is 5.88. The van der Waals surface area contributed by atoms with Crippen LogP contribution in [0.3, 0.4) is 0 Å². The third kappa shape index (κ3) is 1.84. The molecule has 18 heavy (non-hydrogen) atoms. The van der Waals surface area contributed by atoms with Gasteiger partial charge >= 0.3 is 0 Å². The molecule has 2 aromatic heterocycles. The molecule has 2 heterocycles. The van der Waals surface area contributed by atoms with E-state index in [4.69, 9.17) is 5.73 Å². The molecule has 5 nitrogen and oxygen atoms in total. The van der Waals surface area contributed by atoms with Crippen LogP contribution in [-0.4, -0.2) is 19.7 Å². The van der Waals surface area contributed by atoms with E-state index in [9.17, 15) is 0 Å². The molecule has 0 amide bonds. The van der Waals surface area contributed by atoms with Crippen molar-refractivity contribution < 1.29 is 0 Å². The van der Waals surface area contributed by atoms with Crippen molar-refractivity contribution in [3.8, 4) is 5.13 Å². The first kappa shape index (κ1) is 11.2. The van der Waals surface area contributed by atoms with Crippen molar-refractivity contribution in [2.24, 2.45) is 0 Å². The van der Waals surface area contributed by atoms with Gasteiger partial charge in [0.2, 0.25) is 11.1 Å². The third-order valence-corrected chi connectivity index (χ3v) is 3.63. The summed E-state index contributed by atoms with van der Waals surface area (Å²) in [7, 11) is 0. The molecule has 0 unspecified atom stereocenters. The van der Waals surface area contributed by atoms with Crippen molar-refractivity contribution in [3.05, 3.63) is 30.1 Å². The van der Waals surface area contributed by atoms with Crippen LogP contribution in [0.1, 0.15) is 19.2 Å². The lowest BCUT2D eigenvalue weighted by molar-refractivity contribution is 0.799. The summed E-state index contributed by atoms with van der Waals surface area (Å²) in [6, 6.07) is 7.99. The molecular formula is C12H13N5S. The number of aryl methyl sites for hydroxylation is 1. The molecule has 92 valence electrons. The van der Waals surface area contributed by atoms with Crippen molar-refractivity contribution in [1.29, 1.82) is 0 Å². The fraction of sp³-hybridized carbons (Fsp3) is 0.250. The van der Waals surface area contributed by atoms with Gasteiger partial charge in [0.15, 0.2) is 5.82 Å². The highest BCUT2D eigenvalue weighted by Gasteiger charge is 2.12. The second-order valence-corrected chi connectivity index (χ2v) is 5.02. The van der Waals surface area contributed by atoms with Gasteiger partial charge in [-0.15, -0.1) is 5.10 Å². The number of thiazole rings is 1. The molecule has 6 heteroatoms. The summed E-state index contributed by atoms with van der Waals surface area (Å²) in [5.74, 6) is 1.17. The molecule has 0 saturated heterocycles. The summed E-state index contributed by atoms with van der Waals surface area (Å²) >= 11 is 1.57. The van der Waals surface area contributed by atoms with Gasteiger partial charge in [-0.3, -0.25) is 0 Å². The van der Waals surface area contributed by atoms with E-state index in [0.717, 1.165) is 34.0 Å². The van der Waals surface area contributed by atoms with E-state index < -0.39 is 0 Å². The average Bonchev–Trinajstić information content (AvgIpc) is 2.92. The summed E-state index contributed by atoms with van der Waals surface area (Å²) in [5, 5.41) is 5.16. The number of aromatic nitrogens is 4. The highest BCUT2D eigenvalue weighted by molar-refractivity contribution is 7.20. The van der Waals surface area contributed by atoms with E-state index in [1.54, 1.807) is 16.0 Å². The van der Waals surface area contributed by atoms with E-state index in [1.807, 2.05) is 24.3 Å². The Morgan fingerprint density at radius 1 is 1.28 bits per heavy atom.